The number of amides is 2. The molecule has 12 nitrogen and oxygen atoms in total. The minimum Gasteiger partial charge on any atom is -0.482 e. The molecule has 0 aliphatic carbocycles. The second-order valence-corrected chi connectivity index (χ2v) is 7.52. The third-order valence-electron chi connectivity index (χ3n) is 5.03. The summed E-state index contributed by atoms with van der Waals surface area (Å²) in [5.41, 5.74) is 2.29. The second-order valence-electron chi connectivity index (χ2n) is 7.52. The number of benzene rings is 2. The molecule has 2 aromatic carbocycles. The fourth-order valence-corrected chi connectivity index (χ4v) is 3.48. The molecule has 0 bridgehead atoms. The maximum Gasteiger partial charge on any atom is 0.343 e. The first-order valence-electron chi connectivity index (χ1n) is 10.7. The molecule has 2 aliphatic heterocycles. The van der Waals surface area contributed by atoms with Gasteiger partial charge in [-0.2, -0.15) is 4.98 Å². The number of rotatable bonds is 6. The number of carbonyl (C=O) groups is 3. The molecule has 2 amide bonds. The molecular weight excluding hydrogens is 456 g/mol. The number of nitrogens with one attached hydrogen (secondary N) is 4. The highest BCUT2D eigenvalue weighted by Gasteiger charge is 2.20. The summed E-state index contributed by atoms with van der Waals surface area (Å²) in [5, 5.41) is 11.6. The molecule has 0 fully saturated rings. The molecule has 2 aliphatic rings. The lowest BCUT2D eigenvalue weighted by Crippen LogP contribution is -2.25. The van der Waals surface area contributed by atoms with E-state index in [-0.39, 0.29) is 49.0 Å². The Hall–Kier alpha value is -4.87. The Morgan fingerprint density at radius 1 is 0.971 bits per heavy atom. The molecule has 0 atom stereocenters. The standard InChI is InChI=1S/C23H20N6O6/c1-2-33-22(32)14-9-24-23(26-13-4-6-18-16(8-13)28-20(31)11-35-18)29-21(14)25-12-3-5-17-15(7-12)27-19(30)10-34-17/h3-9H,2,10-11H2,1H3,(H,27,30)(H,28,31)(H2,24,25,26,29). The largest absolute Gasteiger partial charge is 0.482 e. The van der Waals surface area contributed by atoms with E-state index < -0.39 is 5.97 Å². The van der Waals surface area contributed by atoms with Crippen LogP contribution in [0, 0.1) is 0 Å². The van der Waals surface area contributed by atoms with Crippen molar-refractivity contribution in [2.24, 2.45) is 0 Å². The molecule has 3 aromatic rings. The van der Waals surface area contributed by atoms with Crippen LogP contribution in [0.3, 0.4) is 0 Å². The van der Waals surface area contributed by atoms with Gasteiger partial charge < -0.3 is 35.5 Å². The van der Waals surface area contributed by atoms with Gasteiger partial charge in [0.2, 0.25) is 5.95 Å². The number of aromatic nitrogens is 2. The Bertz CT molecular complexity index is 1340. The topological polar surface area (TPSA) is 153 Å². The molecule has 4 N–H and O–H groups in total. The first-order valence-corrected chi connectivity index (χ1v) is 10.7. The maximum atomic E-state index is 12.5. The normalized spacial score (nSPS) is 13.7. The van der Waals surface area contributed by atoms with Crippen molar-refractivity contribution in [1.82, 2.24) is 9.97 Å². The lowest BCUT2D eigenvalue weighted by Gasteiger charge is -2.19. The summed E-state index contributed by atoms with van der Waals surface area (Å²) in [6.45, 7) is 1.80. The van der Waals surface area contributed by atoms with E-state index in [9.17, 15) is 14.4 Å². The van der Waals surface area contributed by atoms with Crippen LogP contribution in [0.25, 0.3) is 0 Å². The minimum atomic E-state index is -0.593. The summed E-state index contributed by atoms with van der Waals surface area (Å²) in [7, 11) is 0. The lowest BCUT2D eigenvalue weighted by molar-refractivity contribution is -0.119. The quantitative estimate of drug-likeness (QED) is 0.391. The first kappa shape index (κ1) is 21.9. The summed E-state index contributed by atoms with van der Waals surface area (Å²) >= 11 is 0. The number of ether oxygens (including phenoxy) is 3. The number of hydrogen-bond acceptors (Lipinski definition) is 10. The number of nitrogens with zero attached hydrogens (tertiary/aromatic N) is 2. The summed E-state index contributed by atoms with van der Waals surface area (Å²) in [6.07, 6.45) is 1.35. The molecule has 0 radical (unpaired) electrons. The van der Waals surface area contributed by atoms with Crippen molar-refractivity contribution in [2.75, 3.05) is 41.1 Å². The van der Waals surface area contributed by atoms with Gasteiger partial charge in [0, 0.05) is 17.6 Å². The van der Waals surface area contributed by atoms with Gasteiger partial charge >= 0.3 is 5.97 Å². The highest BCUT2D eigenvalue weighted by molar-refractivity contribution is 5.98. The van der Waals surface area contributed by atoms with E-state index in [2.05, 4.69) is 31.2 Å². The molecule has 0 saturated carbocycles. The molecule has 0 spiro atoms. The lowest BCUT2D eigenvalue weighted by atomic mass is 10.2. The summed E-state index contributed by atoms with van der Waals surface area (Å²) < 4.78 is 15.9. The Balaban J connectivity index is 1.44. The molecule has 5 rings (SSSR count). The zero-order valence-electron chi connectivity index (χ0n) is 18.5. The van der Waals surface area contributed by atoms with Crippen molar-refractivity contribution in [3.8, 4) is 11.5 Å². The van der Waals surface area contributed by atoms with Crippen molar-refractivity contribution in [2.45, 2.75) is 6.92 Å². The van der Waals surface area contributed by atoms with E-state index in [1.165, 1.54) is 6.20 Å². The van der Waals surface area contributed by atoms with Crippen molar-refractivity contribution < 1.29 is 28.6 Å². The zero-order valence-corrected chi connectivity index (χ0v) is 18.5. The SMILES string of the molecule is CCOC(=O)c1cnc(Nc2ccc3c(c2)NC(=O)CO3)nc1Nc1ccc2c(c1)NC(=O)CO2. The van der Waals surface area contributed by atoms with E-state index >= 15 is 0 Å². The van der Waals surface area contributed by atoms with Gasteiger partial charge in [-0.3, -0.25) is 9.59 Å². The molecule has 178 valence electrons. The van der Waals surface area contributed by atoms with E-state index in [4.69, 9.17) is 14.2 Å². The predicted octanol–water partition coefficient (Wildman–Crippen LogP) is 2.80. The molecule has 35 heavy (non-hydrogen) atoms. The molecule has 12 heteroatoms. The number of carbonyl (C=O) groups excluding carboxylic acids is 3. The van der Waals surface area contributed by atoms with E-state index in [1.807, 2.05) is 0 Å². The highest BCUT2D eigenvalue weighted by atomic mass is 16.5. The molecule has 3 heterocycles. The van der Waals surface area contributed by atoms with Crippen LogP contribution < -0.4 is 30.7 Å². The van der Waals surface area contributed by atoms with Crippen LogP contribution in [0.1, 0.15) is 17.3 Å². The van der Waals surface area contributed by atoms with Crippen molar-refractivity contribution >= 4 is 52.3 Å². The van der Waals surface area contributed by atoms with Gasteiger partial charge in [0.25, 0.3) is 11.8 Å². The van der Waals surface area contributed by atoms with Gasteiger partial charge in [0.1, 0.15) is 17.1 Å². The molecule has 0 saturated heterocycles. The van der Waals surface area contributed by atoms with Crippen LogP contribution in [0.15, 0.2) is 42.6 Å². The Morgan fingerprint density at radius 3 is 2.17 bits per heavy atom. The fourth-order valence-electron chi connectivity index (χ4n) is 3.48. The second kappa shape index (κ2) is 9.17. The maximum absolute atomic E-state index is 12.5. The van der Waals surface area contributed by atoms with Gasteiger partial charge in [-0.25, -0.2) is 9.78 Å². The van der Waals surface area contributed by atoms with Crippen LogP contribution in [0.5, 0.6) is 11.5 Å². The zero-order chi connectivity index (χ0) is 24.4. The number of hydrogen-bond donors (Lipinski definition) is 4. The van der Waals surface area contributed by atoms with Crippen LogP contribution in [-0.2, 0) is 14.3 Å². The van der Waals surface area contributed by atoms with Crippen LogP contribution in [-0.4, -0.2) is 47.6 Å². The molecule has 1 aromatic heterocycles. The first-order chi connectivity index (χ1) is 17.0. The van der Waals surface area contributed by atoms with Crippen molar-refractivity contribution in [3.05, 3.63) is 48.2 Å². The highest BCUT2D eigenvalue weighted by Crippen LogP contribution is 2.33. The Labute approximate surface area is 199 Å². The molecule has 0 unspecified atom stereocenters. The Morgan fingerprint density at radius 2 is 1.57 bits per heavy atom. The summed E-state index contributed by atoms with van der Waals surface area (Å²) in [5.74, 6) is 0.375. The van der Waals surface area contributed by atoms with Gasteiger partial charge in [-0.05, 0) is 43.3 Å². The fraction of sp³-hybridized carbons (Fsp3) is 0.174. The smallest absolute Gasteiger partial charge is 0.343 e. The summed E-state index contributed by atoms with van der Waals surface area (Å²) in [4.78, 5) is 44.4. The van der Waals surface area contributed by atoms with Gasteiger partial charge in [0.05, 0.1) is 18.0 Å². The number of esters is 1. The van der Waals surface area contributed by atoms with E-state index in [0.717, 1.165) is 0 Å². The predicted molar refractivity (Wildman–Crippen MR) is 126 cm³/mol. The van der Waals surface area contributed by atoms with Crippen molar-refractivity contribution in [3.63, 3.8) is 0 Å². The van der Waals surface area contributed by atoms with Crippen LogP contribution >= 0.6 is 0 Å². The van der Waals surface area contributed by atoms with Crippen molar-refractivity contribution in [1.29, 1.82) is 0 Å². The van der Waals surface area contributed by atoms with Crippen LogP contribution in [0.2, 0.25) is 0 Å². The average Bonchev–Trinajstić information content (AvgIpc) is 2.84. The monoisotopic (exact) mass is 476 g/mol. The number of fused-ring (bicyclic) bond motifs is 2. The van der Waals surface area contributed by atoms with Gasteiger partial charge in [-0.1, -0.05) is 0 Å². The minimum absolute atomic E-state index is 0.0360. The van der Waals surface area contributed by atoms with E-state index in [0.29, 0.717) is 34.2 Å². The number of anilines is 6. The third-order valence-corrected chi connectivity index (χ3v) is 5.03. The third kappa shape index (κ3) is 4.76. The average molecular weight is 476 g/mol. The van der Waals surface area contributed by atoms with Crippen LogP contribution in [0.4, 0.5) is 34.5 Å². The van der Waals surface area contributed by atoms with Gasteiger partial charge in [-0.15, -0.1) is 0 Å². The summed E-state index contributed by atoms with van der Waals surface area (Å²) in [6, 6.07) is 10.2. The van der Waals surface area contributed by atoms with Gasteiger partial charge in [0.15, 0.2) is 19.0 Å². The molecular formula is C23H20N6O6. The Kier molecular flexibility index (Phi) is 5.75. The van der Waals surface area contributed by atoms with E-state index in [1.54, 1.807) is 43.3 Å².